The number of phosphoric ester groups is 1. The number of ether oxygens (including phenoxy) is 2. The van der Waals surface area contributed by atoms with Gasteiger partial charge in [0.1, 0.15) is 12.6 Å². The Labute approximate surface area is 277 Å². The van der Waals surface area contributed by atoms with E-state index < -0.39 is 51.1 Å². The third-order valence-corrected chi connectivity index (χ3v) is 8.10. The Bertz CT molecular complexity index is 895. The molecular weight excluding hydrogens is 613 g/mol. The van der Waals surface area contributed by atoms with Gasteiger partial charge in [0.25, 0.3) is 0 Å². The monoisotopic (exact) mass is 675 g/mol. The summed E-state index contributed by atoms with van der Waals surface area (Å²) in [5.74, 6) is -2.41. The highest BCUT2D eigenvalue weighted by Gasteiger charge is 2.28. The molecule has 0 aromatic heterocycles. The molecule has 0 amide bonds. The fourth-order valence-corrected chi connectivity index (χ4v) is 5.13. The molecule has 11 nitrogen and oxygen atoms in total. The van der Waals surface area contributed by atoms with Gasteiger partial charge < -0.3 is 25.2 Å². The summed E-state index contributed by atoms with van der Waals surface area (Å²) in [6.45, 7) is 2.65. The zero-order valence-corrected chi connectivity index (χ0v) is 29.3. The Morgan fingerprint density at radius 3 is 1.67 bits per heavy atom. The average Bonchev–Trinajstić information content (AvgIpc) is 3.02. The van der Waals surface area contributed by atoms with E-state index in [-0.39, 0.29) is 19.4 Å². The predicted molar refractivity (Wildman–Crippen MR) is 180 cm³/mol. The Balaban J connectivity index is 4.53. The van der Waals surface area contributed by atoms with Crippen LogP contribution in [-0.4, -0.2) is 59.9 Å². The molecule has 0 heterocycles. The molecule has 12 heteroatoms. The van der Waals surface area contributed by atoms with Gasteiger partial charge in [0.2, 0.25) is 0 Å². The number of rotatable bonds is 32. The van der Waals surface area contributed by atoms with Crippen molar-refractivity contribution in [1.29, 1.82) is 0 Å². The van der Waals surface area contributed by atoms with Crippen molar-refractivity contribution in [3.63, 3.8) is 0 Å². The van der Waals surface area contributed by atoms with Crippen LogP contribution in [0.25, 0.3) is 0 Å². The van der Waals surface area contributed by atoms with Gasteiger partial charge in [0.05, 0.1) is 13.2 Å². The fraction of sp³-hybridized carbons (Fsp3) is 0.794. The summed E-state index contributed by atoms with van der Waals surface area (Å²) in [7, 11) is -4.70. The molecule has 0 saturated carbocycles. The van der Waals surface area contributed by atoms with Gasteiger partial charge in [-0.1, -0.05) is 95.9 Å². The number of esters is 2. The first-order valence-corrected chi connectivity index (χ1v) is 18.9. The summed E-state index contributed by atoms with van der Waals surface area (Å²) in [4.78, 5) is 45.5. The molecule has 4 N–H and O–H groups in total. The van der Waals surface area contributed by atoms with E-state index in [1.807, 2.05) is 0 Å². The smallest absolute Gasteiger partial charge is 0.472 e. The maximum absolute atomic E-state index is 12.5. The largest absolute Gasteiger partial charge is 0.480 e. The lowest BCUT2D eigenvalue weighted by Gasteiger charge is -2.20. The van der Waals surface area contributed by atoms with Crippen molar-refractivity contribution in [1.82, 2.24) is 0 Å². The molecular formula is C34H62NO10P. The highest BCUT2D eigenvalue weighted by molar-refractivity contribution is 7.47. The zero-order chi connectivity index (χ0) is 34.3. The molecule has 0 spiro atoms. The minimum absolute atomic E-state index is 0.150. The number of hydrogen-bond acceptors (Lipinski definition) is 9. The minimum Gasteiger partial charge on any atom is -0.480 e. The lowest BCUT2D eigenvalue weighted by Crippen LogP contribution is -2.34. The molecule has 0 aliphatic rings. The topological polar surface area (TPSA) is 172 Å². The number of carbonyl (C=O) groups excluding carboxylic acids is 2. The van der Waals surface area contributed by atoms with Gasteiger partial charge in [-0.25, -0.2) is 4.57 Å². The van der Waals surface area contributed by atoms with Gasteiger partial charge in [0, 0.05) is 12.8 Å². The average molecular weight is 676 g/mol. The quantitative estimate of drug-likeness (QED) is 0.0273. The van der Waals surface area contributed by atoms with Gasteiger partial charge in [-0.2, -0.15) is 0 Å². The van der Waals surface area contributed by atoms with E-state index in [0.717, 1.165) is 83.5 Å². The molecule has 0 saturated heterocycles. The van der Waals surface area contributed by atoms with Crippen LogP contribution in [0.4, 0.5) is 0 Å². The van der Waals surface area contributed by atoms with Crippen molar-refractivity contribution >= 4 is 25.7 Å². The van der Waals surface area contributed by atoms with E-state index in [2.05, 4.69) is 42.7 Å². The lowest BCUT2D eigenvalue weighted by molar-refractivity contribution is -0.161. The highest BCUT2D eigenvalue weighted by atomic mass is 31.2. The molecule has 3 unspecified atom stereocenters. The number of carbonyl (C=O) groups is 3. The number of carboxylic acid groups (broad SMARTS) is 1. The van der Waals surface area contributed by atoms with Crippen molar-refractivity contribution in [2.75, 3.05) is 19.8 Å². The molecule has 0 aliphatic carbocycles. The van der Waals surface area contributed by atoms with Gasteiger partial charge in [-0.15, -0.1) is 0 Å². The van der Waals surface area contributed by atoms with Crippen LogP contribution in [0, 0.1) is 0 Å². The summed E-state index contributed by atoms with van der Waals surface area (Å²) in [5, 5.41) is 8.83. The first-order valence-electron chi connectivity index (χ1n) is 17.4. The minimum atomic E-state index is -4.70. The van der Waals surface area contributed by atoms with E-state index >= 15 is 0 Å². The molecule has 0 bridgehead atoms. The summed E-state index contributed by atoms with van der Waals surface area (Å²) >= 11 is 0. The van der Waals surface area contributed by atoms with Crippen LogP contribution < -0.4 is 5.73 Å². The Kier molecular flexibility index (Phi) is 29.0. The van der Waals surface area contributed by atoms with E-state index in [9.17, 15) is 23.8 Å². The lowest BCUT2D eigenvalue weighted by atomic mass is 10.1. The molecule has 0 aromatic carbocycles. The van der Waals surface area contributed by atoms with Crippen LogP contribution in [0.2, 0.25) is 0 Å². The third kappa shape index (κ3) is 29.4. The first-order chi connectivity index (χ1) is 22.1. The molecule has 0 aliphatic heterocycles. The third-order valence-electron chi connectivity index (χ3n) is 7.15. The van der Waals surface area contributed by atoms with Crippen molar-refractivity contribution < 1.29 is 47.5 Å². The van der Waals surface area contributed by atoms with Crippen LogP contribution in [0.5, 0.6) is 0 Å². The van der Waals surface area contributed by atoms with Crippen LogP contribution >= 0.6 is 7.82 Å². The summed E-state index contributed by atoms with van der Waals surface area (Å²) in [5.41, 5.74) is 5.30. The van der Waals surface area contributed by atoms with E-state index in [1.54, 1.807) is 0 Å². The second-order valence-corrected chi connectivity index (χ2v) is 13.1. The zero-order valence-electron chi connectivity index (χ0n) is 28.4. The van der Waals surface area contributed by atoms with E-state index in [1.165, 1.54) is 19.3 Å². The molecule has 0 aromatic rings. The van der Waals surface area contributed by atoms with Gasteiger partial charge in [-0.05, 0) is 57.8 Å². The molecule has 268 valence electrons. The fourth-order valence-electron chi connectivity index (χ4n) is 4.35. The van der Waals surface area contributed by atoms with E-state index in [4.69, 9.17) is 24.8 Å². The van der Waals surface area contributed by atoms with Crippen LogP contribution in [-0.2, 0) is 37.5 Å². The Hall–Kier alpha value is -2.04. The summed E-state index contributed by atoms with van der Waals surface area (Å²) in [6, 6.07) is -1.52. The number of unbranched alkanes of at least 4 members (excludes halogenated alkanes) is 14. The first kappa shape index (κ1) is 44.0. The second kappa shape index (κ2) is 30.3. The predicted octanol–water partition coefficient (Wildman–Crippen LogP) is 7.94. The number of nitrogens with two attached hydrogens (primary N) is 1. The van der Waals surface area contributed by atoms with Crippen molar-refractivity contribution in [2.45, 2.75) is 154 Å². The van der Waals surface area contributed by atoms with E-state index in [0.29, 0.717) is 12.8 Å². The van der Waals surface area contributed by atoms with Gasteiger partial charge >= 0.3 is 25.7 Å². The molecule has 0 radical (unpaired) electrons. The number of aliphatic carboxylic acids is 1. The molecule has 0 rings (SSSR count). The SMILES string of the molecule is CCC/C=C\CCCCCCCC(=O)OCC(COP(=O)(O)OCC(N)C(=O)O)OC(=O)CCCCCCC/C=C\CCCCC. The Morgan fingerprint density at radius 1 is 0.652 bits per heavy atom. The Morgan fingerprint density at radius 2 is 1.13 bits per heavy atom. The standard InChI is InChI=1S/C34H62NO10P/c1-3-5-7-9-11-13-15-16-18-20-22-24-26-33(37)45-30(28-43-46(40,41)44-29-31(35)34(38)39)27-42-32(36)25-23-21-19-17-14-12-10-8-6-4-2/h8,10-11,13,30-31H,3-7,9,12,14-29,35H2,1-2H3,(H,38,39)(H,40,41)/b10-8-,13-11-. The molecule has 46 heavy (non-hydrogen) atoms. The van der Waals surface area contributed by atoms with Crippen molar-refractivity contribution in [2.24, 2.45) is 5.73 Å². The molecule has 0 fully saturated rings. The summed E-state index contributed by atoms with van der Waals surface area (Å²) in [6.07, 6.45) is 26.9. The van der Waals surface area contributed by atoms with Crippen LogP contribution in [0.3, 0.4) is 0 Å². The molecule has 3 atom stereocenters. The number of hydrogen-bond donors (Lipinski definition) is 3. The normalized spacial score (nSPS) is 14.3. The summed E-state index contributed by atoms with van der Waals surface area (Å²) < 4.78 is 32.4. The van der Waals surface area contributed by atoms with Gasteiger partial charge in [-0.3, -0.25) is 23.4 Å². The highest BCUT2D eigenvalue weighted by Crippen LogP contribution is 2.43. The maximum atomic E-state index is 12.5. The van der Waals surface area contributed by atoms with Crippen LogP contribution in [0.15, 0.2) is 24.3 Å². The van der Waals surface area contributed by atoms with Gasteiger partial charge in [0.15, 0.2) is 6.10 Å². The number of carboxylic acids is 1. The number of allylic oxidation sites excluding steroid dienone is 4. The van der Waals surface area contributed by atoms with Crippen molar-refractivity contribution in [3.8, 4) is 0 Å². The van der Waals surface area contributed by atoms with Crippen LogP contribution in [0.1, 0.15) is 142 Å². The van der Waals surface area contributed by atoms with Crippen molar-refractivity contribution in [3.05, 3.63) is 24.3 Å². The second-order valence-electron chi connectivity index (χ2n) is 11.6. The maximum Gasteiger partial charge on any atom is 0.472 e. The number of phosphoric acid groups is 1.